The molecule has 0 amide bonds. The highest BCUT2D eigenvalue weighted by atomic mass is 16.5. The number of nitrogens with two attached hydrogens (primary N) is 1. The Morgan fingerprint density at radius 3 is 2.44 bits per heavy atom. The largest absolute Gasteiger partial charge is 0.378 e. The fraction of sp³-hybridized carbons (Fsp3) is 0.909. The van der Waals surface area contributed by atoms with Gasteiger partial charge in [-0.05, 0) is 34.9 Å². The van der Waals surface area contributed by atoms with E-state index in [1.54, 1.807) is 0 Å². The van der Waals surface area contributed by atoms with Crippen molar-refractivity contribution in [3.63, 3.8) is 0 Å². The van der Waals surface area contributed by atoms with Crippen LogP contribution in [0.2, 0.25) is 0 Å². The SMILES string of the molecule is CN(C)CCOCCN=C(N)NC(C)(C)C. The second kappa shape index (κ2) is 7.46. The van der Waals surface area contributed by atoms with Crippen LogP contribution in [0, 0.1) is 0 Å². The van der Waals surface area contributed by atoms with Gasteiger partial charge in [0.1, 0.15) is 0 Å². The molecule has 16 heavy (non-hydrogen) atoms. The number of likely N-dealkylation sites (N-methyl/N-ethyl adjacent to an activating group) is 1. The van der Waals surface area contributed by atoms with E-state index < -0.39 is 0 Å². The zero-order chi connectivity index (χ0) is 12.6. The number of guanidine groups is 1. The van der Waals surface area contributed by atoms with Crippen molar-refractivity contribution in [2.24, 2.45) is 10.7 Å². The molecule has 0 aromatic carbocycles. The van der Waals surface area contributed by atoms with Gasteiger partial charge in [0.05, 0.1) is 19.8 Å². The Bertz CT molecular complexity index is 209. The van der Waals surface area contributed by atoms with Crippen LogP contribution in [-0.4, -0.2) is 56.8 Å². The highest BCUT2D eigenvalue weighted by Gasteiger charge is 2.09. The number of ether oxygens (including phenoxy) is 1. The third-order valence-electron chi connectivity index (χ3n) is 1.70. The van der Waals surface area contributed by atoms with Crippen molar-refractivity contribution >= 4 is 5.96 Å². The highest BCUT2D eigenvalue weighted by Crippen LogP contribution is 1.96. The predicted molar refractivity (Wildman–Crippen MR) is 68.8 cm³/mol. The molecule has 0 saturated carbocycles. The van der Waals surface area contributed by atoms with E-state index in [9.17, 15) is 0 Å². The van der Waals surface area contributed by atoms with Gasteiger partial charge in [-0.15, -0.1) is 0 Å². The molecule has 0 aliphatic heterocycles. The van der Waals surface area contributed by atoms with Crippen molar-refractivity contribution in [2.75, 3.05) is 40.4 Å². The molecule has 96 valence electrons. The molecule has 0 atom stereocenters. The van der Waals surface area contributed by atoms with Crippen molar-refractivity contribution in [2.45, 2.75) is 26.3 Å². The van der Waals surface area contributed by atoms with Crippen LogP contribution in [0.4, 0.5) is 0 Å². The van der Waals surface area contributed by atoms with E-state index in [-0.39, 0.29) is 5.54 Å². The van der Waals surface area contributed by atoms with Gasteiger partial charge in [-0.3, -0.25) is 4.99 Å². The molecule has 3 N–H and O–H groups in total. The molecular weight excluding hydrogens is 204 g/mol. The Labute approximate surface area is 99.0 Å². The predicted octanol–water partition coefficient (Wildman–Crippen LogP) is 0.267. The molecule has 0 fully saturated rings. The van der Waals surface area contributed by atoms with Crippen LogP contribution in [0.25, 0.3) is 0 Å². The average Bonchev–Trinajstić information content (AvgIpc) is 2.07. The van der Waals surface area contributed by atoms with E-state index in [1.807, 2.05) is 34.9 Å². The van der Waals surface area contributed by atoms with Crippen molar-refractivity contribution in [3.8, 4) is 0 Å². The molecule has 0 aromatic rings. The minimum Gasteiger partial charge on any atom is -0.378 e. The first-order valence-corrected chi connectivity index (χ1v) is 5.62. The van der Waals surface area contributed by atoms with E-state index >= 15 is 0 Å². The van der Waals surface area contributed by atoms with Crippen LogP contribution < -0.4 is 11.1 Å². The first kappa shape index (κ1) is 15.2. The van der Waals surface area contributed by atoms with Crippen molar-refractivity contribution < 1.29 is 4.74 Å². The summed E-state index contributed by atoms with van der Waals surface area (Å²) in [5, 5.41) is 3.09. The minimum atomic E-state index is -0.0423. The summed E-state index contributed by atoms with van der Waals surface area (Å²) in [6.07, 6.45) is 0. The zero-order valence-corrected chi connectivity index (χ0v) is 11.2. The number of aliphatic imine (C=N–C) groups is 1. The summed E-state index contributed by atoms with van der Waals surface area (Å²) < 4.78 is 5.39. The lowest BCUT2D eigenvalue weighted by atomic mass is 10.1. The van der Waals surface area contributed by atoms with Crippen LogP contribution in [0.15, 0.2) is 4.99 Å². The number of hydrogen-bond acceptors (Lipinski definition) is 3. The van der Waals surface area contributed by atoms with Gasteiger partial charge in [0.15, 0.2) is 5.96 Å². The van der Waals surface area contributed by atoms with E-state index in [1.165, 1.54) is 0 Å². The molecule has 0 aliphatic rings. The van der Waals surface area contributed by atoms with Crippen molar-refractivity contribution in [1.29, 1.82) is 0 Å². The summed E-state index contributed by atoms with van der Waals surface area (Å²) >= 11 is 0. The lowest BCUT2D eigenvalue weighted by Crippen LogP contribution is -2.45. The van der Waals surface area contributed by atoms with Gasteiger partial charge < -0.3 is 20.7 Å². The van der Waals surface area contributed by atoms with E-state index in [0.29, 0.717) is 19.1 Å². The third kappa shape index (κ3) is 11.3. The second-order valence-electron chi connectivity index (χ2n) is 5.06. The number of nitrogens with zero attached hydrogens (tertiary/aromatic N) is 2. The van der Waals surface area contributed by atoms with Gasteiger partial charge in [0.25, 0.3) is 0 Å². The molecule has 0 aromatic heterocycles. The zero-order valence-electron chi connectivity index (χ0n) is 11.2. The number of hydrogen-bond donors (Lipinski definition) is 2. The van der Waals surface area contributed by atoms with Gasteiger partial charge in [-0.25, -0.2) is 0 Å². The second-order valence-corrected chi connectivity index (χ2v) is 5.06. The molecule has 0 heterocycles. The summed E-state index contributed by atoms with van der Waals surface area (Å²) in [6, 6.07) is 0. The van der Waals surface area contributed by atoms with Crippen LogP contribution >= 0.6 is 0 Å². The molecule has 0 unspecified atom stereocenters. The fourth-order valence-corrected chi connectivity index (χ4v) is 1.00. The quantitative estimate of drug-likeness (QED) is 0.390. The van der Waals surface area contributed by atoms with Crippen LogP contribution in [0.5, 0.6) is 0 Å². The summed E-state index contributed by atoms with van der Waals surface area (Å²) in [5.41, 5.74) is 5.66. The number of rotatable bonds is 6. The molecule has 0 aliphatic carbocycles. The van der Waals surface area contributed by atoms with Crippen LogP contribution in [0.3, 0.4) is 0 Å². The summed E-state index contributed by atoms with van der Waals surface area (Å²) in [5.74, 6) is 0.476. The van der Waals surface area contributed by atoms with Crippen molar-refractivity contribution in [3.05, 3.63) is 0 Å². The molecular formula is C11H26N4O. The Kier molecular flexibility index (Phi) is 7.08. The van der Waals surface area contributed by atoms with Gasteiger partial charge in [0.2, 0.25) is 0 Å². The molecule has 0 saturated heterocycles. The van der Waals surface area contributed by atoms with Gasteiger partial charge in [0, 0.05) is 12.1 Å². The lowest BCUT2D eigenvalue weighted by Gasteiger charge is -2.20. The van der Waals surface area contributed by atoms with Crippen LogP contribution in [-0.2, 0) is 4.74 Å². The number of nitrogens with one attached hydrogen (secondary N) is 1. The summed E-state index contributed by atoms with van der Waals surface area (Å²) in [6.45, 7) is 9.01. The monoisotopic (exact) mass is 230 g/mol. The molecule has 0 bridgehead atoms. The minimum absolute atomic E-state index is 0.0423. The van der Waals surface area contributed by atoms with E-state index in [4.69, 9.17) is 10.5 Å². The summed E-state index contributed by atoms with van der Waals surface area (Å²) in [7, 11) is 4.04. The fourth-order valence-electron chi connectivity index (χ4n) is 1.00. The van der Waals surface area contributed by atoms with Gasteiger partial charge >= 0.3 is 0 Å². The standard InChI is InChI=1S/C11H26N4O/c1-11(2,3)14-10(12)13-6-8-16-9-7-15(4)5/h6-9H2,1-5H3,(H3,12,13,14). The van der Waals surface area contributed by atoms with Gasteiger partial charge in [-0.1, -0.05) is 0 Å². The van der Waals surface area contributed by atoms with E-state index in [2.05, 4.69) is 15.2 Å². The molecule has 0 spiro atoms. The maximum atomic E-state index is 5.70. The summed E-state index contributed by atoms with van der Waals surface area (Å²) in [4.78, 5) is 6.25. The first-order chi connectivity index (χ1) is 7.31. The third-order valence-corrected chi connectivity index (χ3v) is 1.70. The van der Waals surface area contributed by atoms with E-state index in [0.717, 1.165) is 13.2 Å². The maximum absolute atomic E-state index is 5.70. The molecule has 5 nitrogen and oxygen atoms in total. The first-order valence-electron chi connectivity index (χ1n) is 5.62. The smallest absolute Gasteiger partial charge is 0.189 e. The Balaban J connectivity index is 3.52. The normalized spacial score (nSPS) is 13.2. The maximum Gasteiger partial charge on any atom is 0.189 e. The highest BCUT2D eigenvalue weighted by molar-refractivity contribution is 5.78. The Morgan fingerprint density at radius 2 is 1.94 bits per heavy atom. The van der Waals surface area contributed by atoms with Crippen molar-refractivity contribution in [1.82, 2.24) is 10.2 Å². The Morgan fingerprint density at radius 1 is 1.31 bits per heavy atom. The molecule has 5 heteroatoms. The molecule has 0 radical (unpaired) electrons. The topological polar surface area (TPSA) is 62.9 Å². The van der Waals surface area contributed by atoms with Crippen LogP contribution in [0.1, 0.15) is 20.8 Å². The Hall–Kier alpha value is -0.810. The average molecular weight is 230 g/mol. The van der Waals surface area contributed by atoms with Gasteiger partial charge in [-0.2, -0.15) is 0 Å². The lowest BCUT2D eigenvalue weighted by molar-refractivity contribution is 0.124. The molecule has 0 rings (SSSR count).